The fourth-order valence-corrected chi connectivity index (χ4v) is 5.43. The summed E-state index contributed by atoms with van der Waals surface area (Å²) in [4.78, 5) is 3.21. The number of rotatable bonds is 5. The largest absolute Gasteiger partial charge is 0.399 e. The van der Waals surface area contributed by atoms with Crippen LogP contribution in [0.3, 0.4) is 0 Å². The number of nitrogen functional groups attached to an aromatic ring is 1. The third-order valence-corrected chi connectivity index (χ3v) is 6.87. The maximum Gasteiger partial charge on any atom is 0.215 e. The van der Waals surface area contributed by atoms with Crippen LogP contribution in [0.15, 0.2) is 29.2 Å². The number of benzene rings is 1. The van der Waals surface area contributed by atoms with E-state index in [4.69, 9.17) is 5.73 Å². The van der Waals surface area contributed by atoms with Crippen molar-refractivity contribution < 1.29 is 8.42 Å². The molecule has 0 saturated carbocycles. The van der Waals surface area contributed by atoms with Gasteiger partial charge in [-0.25, -0.2) is 8.42 Å². The van der Waals surface area contributed by atoms with Crippen molar-refractivity contribution in [1.29, 1.82) is 0 Å². The summed E-state index contributed by atoms with van der Waals surface area (Å²) >= 11 is 1.55. The van der Waals surface area contributed by atoms with Gasteiger partial charge in [-0.1, -0.05) is 0 Å². The Balaban J connectivity index is 1.88. The van der Waals surface area contributed by atoms with Gasteiger partial charge >= 0.3 is 0 Å². The molecular formula is C14H23N3O2S2. The van der Waals surface area contributed by atoms with Crippen LogP contribution >= 0.6 is 11.8 Å². The molecule has 1 aromatic rings. The summed E-state index contributed by atoms with van der Waals surface area (Å²) in [5.74, 6) is 0.738. The number of hydrogen-bond acceptors (Lipinski definition) is 5. The van der Waals surface area contributed by atoms with Gasteiger partial charge in [0.05, 0.1) is 5.75 Å². The maximum absolute atomic E-state index is 12.4. The summed E-state index contributed by atoms with van der Waals surface area (Å²) in [5, 5.41) is 0. The molecule has 0 amide bonds. The molecular weight excluding hydrogens is 306 g/mol. The molecule has 1 aromatic carbocycles. The second-order valence-electron chi connectivity index (χ2n) is 5.46. The van der Waals surface area contributed by atoms with Crippen LogP contribution in [-0.2, 0) is 10.0 Å². The van der Waals surface area contributed by atoms with Crippen molar-refractivity contribution in [3.05, 3.63) is 24.3 Å². The minimum Gasteiger partial charge on any atom is -0.399 e. The average Bonchev–Trinajstić information content (AvgIpc) is 2.40. The van der Waals surface area contributed by atoms with Gasteiger partial charge in [-0.15, -0.1) is 11.8 Å². The van der Waals surface area contributed by atoms with E-state index >= 15 is 0 Å². The van der Waals surface area contributed by atoms with E-state index in [2.05, 4.69) is 4.90 Å². The number of piperazine rings is 1. The Morgan fingerprint density at radius 2 is 1.95 bits per heavy atom. The summed E-state index contributed by atoms with van der Waals surface area (Å²) in [5.41, 5.74) is 6.35. The minimum atomic E-state index is -3.17. The number of thioether (sulfide) groups is 1. The van der Waals surface area contributed by atoms with Crippen molar-refractivity contribution in [2.24, 2.45) is 0 Å². The summed E-state index contributed by atoms with van der Waals surface area (Å²) in [7, 11) is -1.15. The Bertz CT molecular complexity index is 560. The minimum absolute atomic E-state index is 0.0512. The summed E-state index contributed by atoms with van der Waals surface area (Å²) in [6.45, 7) is 4.16. The summed E-state index contributed by atoms with van der Waals surface area (Å²) in [6.07, 6.45) is 0. The van der Waals surface area contributed by atoms with Crippen molar-refractivity contribution in [3.8, 4) is 0 Å². The summed E-state index contributed by atoms with van der Waals surface area (Å²) in [6, 6.07) is 7.56. The standard InChI is InChI=1S/C14H23N3O2S2/c1-12-11-16(2)7-8-17(12)21(18,19)10-9-20-14-5-3-13(15)4-6-14/h3-6,12H,7-11,15H2,1-2H3. The Morgan fingerprint density at radius 3 is 2.57 bits per heavy atom. The van der Waals surface area contributed by atoms with Crippen LogP contribution in [0.1, 0.15) is 6.92 Å². The Labute approximate surface area is 131 Å². The van der Waals surface area contributed by atoms with Gasteiger partial charge in [0.1, 0.15) is 0 Å². The fourth-order valence-electron chi connectivity index (χ4n) is 2.48. The predicted molar refractivity (Wildman–Crippen MR) is 89.0 cm³/mol. The third-order valence-electron chi connectivity index (χ3n) is 3.62. The van der Waals surface area contributed by atoms with E-state index in [1.807, 2.05) is 38.2 Å². The zero-order valence-electron chi connectivity index (χ0n) is 12.5. The van der Waals surface area contributed by atoms with Gasteiger partial charge in [-0.05, 0) is 38.2 Å². The first kappa shape index (κ1) is 16.6. The molecule has 1 unspecified atom stereocenters. The second kappa shape index (κ2) is 7.00. The van der Waals surface area contributed by atoms with Crippen molar-refractivity contribution in [2.45, 2.75) is 17.9 Å². The molecule has 1 fully saturated rings. The van der Waals surface area contributed by atoms with Gasteiger partial charge in [-0.2, -0.15) is 4.31 Å². The van der Waals surface area contributed by atoms with E-state index in [-0.39, 0.29) is 11.8 Å². The van der Waals surface area contributed by atoms with Crippen LogP contribution < -0.4 is 5.73 Å². The molecule has 1 aliphatic heterocycles. The fraction of sp³-hybridized carbons (Fsp3) is 0.571. The monoisotopic (exact) mass is 329 g/mol. The Morgan fingerprint density at radius 1 is 1.29 bits per heavy atom. The highest BCUT2D eigenvalue weighted by molar-refractivity contribution is 8.00. The van der Waals surface area contributed by atoms with Crippen LogP contribution in [0.2, 0.25) is 0 Å². The first-order valence-electron chi connectivity index (χ1n) is 7.05. The molecule has 1 heterocycles. The first-order valence-corrected chi connectivity index (χ1v) is 9.64. The summed E-state index contributed by atoms with van der Waals surface area (Å²) < 4.78 is 26.5. The number of nitrogens with zero attached hydrogens (tertiary/aromatic N) is 2. The first-order chi connectivity index (χ1) is 9.88. The lowest BCUT2D eigenvalue weighted by atomic mass is 10.2. The molecule has 2 rings (SSSR count). The molecule has 0 aliphatic carbocycles. The molecule has 21 heavy (non-hydrogen) atoms. The van der Waals surface area contributed by atoms with Gasteiger partial charge in [0.15, 0.2) is 0 Å². The second-order valence-corrected chi connectivity index (χ2v) is 8.66. The molecule has 5 nitrogen and oxygen atoms in total. The number of hydrogen-bond donors (Lipinski definition) is 1. The molecule has 0 bridgehead atoms. The third kappa shape index (κ3) is 4.60. The normalized spacial score (nSPS) is 21.5. The Hall–Kier alpha value is -0.760. The highest BCUT2D eigenvalue weighted by Gasteiger charge is 2.30. The number of sulfonamides is 1. The zero-order chi connectivity index (χ0) is 15.5. The van der Waals surface area contributed by atoms with Gasteiger partial charge in [-0.3, -0.25) is 0 Å². The van der Waals surface area contributed by atoms with Crippen LogP contribution in [0.25, 0.3) is 0 Å². The van der Waals surface area contributed by atoms with Crippen LogP contribution in [0.4, 0.5) is 5.69 Å². The van der Waals surface area contributed by atoms with Gasteiger partial charge in [0.2, 0.25) is 10.0 Å². The maximum atomic E-state index is 12.4. The van der Waals surface area contributed by atoms with Crippen molar-refractivity contribution in [2.75, 3.05) is 43.9 Å². The van der Waals surface area contributed by atoms with E-state index in [9.17, 15) is 8.42 Å². The van der Waals surface area contributed by atoms with Crippen LogP contribution in [-0.4, -0.2) is 61.9 Å². The molecule has 7 heteroatoms. The lowest BCUT2D eigenvalue weighted by molar-refractivity contribution is 0.170. The predicted octanol–water partition coefficient (Wildman–Crippen LogP) is 1.33. The quantitative estimate of drug-likeness (QED) is 0.652. The zero-order valence-corrected chi connectivity index (χ0v) is 14.2. The highest BCUT2D eigenvalue weighted by atomic mass is 32.2. The number of anilines is 1. The van der Waals surface area contributed by atoms with E-state index in [1.165, 1.54) is 0 Å². The van der Waals surface area contributed by atoms with E-state index in [0.717, 1.165) is 23.7 Å². The van der Waals surface area contributed by atoms with Crippen LogP contribution in [0, 0.1) is 0 Å². The van der Waals surface area contributed by atoms with Gasteiger partial charge < -0.3 is 10.6 Å². The number of nitrogens with two attached hydrogens (primary N) is 1. The highest BCUT2D eigenvalue weighted by Crippen LogP contribution is 2.21. The molecule has 1 aliphatic rings. The lowest BCUT2D eigenvalue weighted by Crippen LogP contribution is -2.53. The lowest BCUT2D eigenvalue weighted by Gasteiger charge is -2.37. The van der Waals surface area contributed by atoms with Gasteiger partial charge in [0, 0.05) is 42.0 Å². The molecule has 0 aromatic heterocycles. The van der Waals surface area contributed by atoms with Crippen molar-refractivity contribution in [1.82, 2.24) is 9.21 Å². The van der Waals surface area contributed by atoms with E-state index < -0.39 is 10.0 Å². The van der Waals surface area contributed by atoms with Gasteiger partial charge in [0.25, 0.3) is 0 Å². The topological polar surface area (TPSA) is 66.6 Å². The van der Waals surface area contributed by atoms with Crippen LogP contribution in [0.5, 0.6) is 0 Å². The molecule has 0 radical (unpaired) electrons. The molecule has 0 spiro atoms. The smallest absolute Gasteiger partial charge is 0.215 e. The van der Waals surface area contributed by atoms with E-state index in [1.54, 1.807) is 16.1 Å². The number of likely N-dealkylation sites (N-methyl/N-ethyl adjacent to an activating group) is 1. The van der Waals surface area contributed by atoms with Crippen molar-refractivity contribution >= 4 is 27.5 Å². The molecule has 118 valence electrons. The van der Waals surface area contributed by atoms with E-state index in [0.29, 0.717) is 12.3 Å². The Kier molecular flexibility index (Phi) is 5.54. The molecule has 1 saturated heterocycles. The average molecular weight is 329 g/mol. The molecule has 2 N–H and O–H groups in total. The SMILES string of the molecule is CC1CN(C)CCN1S(=O)(=O)CCSc1ccc(N)cc1. The van der Waals surface area contributed by atoms with Crippen molar-refractivity contribution in [3.63, 3.8) is 0 Å². The molecule has 1 atom stereocenters.